The average Bonchev–Trinajstić information content (AvgIpc) is 3.04. The molecule has 1 atom stereocenters. The van der Waals surface area contributed by atoms with E-state index in [9.17, 15) is 8.42 Å². The molecule has 2 aromatic heterocycles. The van der Waals surface area contributed by atoms with Crippen LogP contribution in [0.25, 0.3) is 0 Å². The van der Waals surface area contributed by atoms with E-state index in [1.54, 1.807) is 12.3 Å². The molecule has 0 saturated carbocycles. The topological polar surface area (TPSA) is 64.0 Å². The van der Waals surface area contributed by atoms with Crippen LogP contribution in [0.15, 0.2) is 28.7 Å². The smallest absolute Gasteiger partial charge is 0.250 e. The number of aryl methyl sites for hydroxylation is 2. The molecule has 0 spiro atoms. The monoisotopic (exact) mass is 311 g/mol. The van der Waals surface area contributed by atoms with E-state index < -0.39 is 10.0 Å². The van der Waals surface area contributed by atoms with Crippen LogP contribution in [0.4, 0.5) is 0 Å². The van der Waals surface area contributed by atoms with E-state index in [0.717, 1.165) is 30.1 Å². The first-order chi connectivity index (χ1) is 9.54. The Morgan fingerprint density at radius 3 is 3.10 bits per heavy atom. The molecule has 0 amide bonds. The predicted molar refractivity (Wildman–Crippen MR) is 78.3 cm³/mol. The largest absolute Gasteiger partial charge is 0.335 e. The fourth-order valence-corrected chi connectivity index (χ4v) is 4.89. The second-order valence-corrected chi connectivity index (χ2v) is 8.39. The Kier molecular flexibility index (Phi) is 3.66. The predicted octanol–water partition coefficient (Wildman–Crippen LogP) is 1.79. The van der Waals surface area contributed by atoms with E-state index in [-0.39, 0.29) is 0 Å². The third-order valence-electron chi connectivity index (χ3n) is 3.59. The summed E-state index contributed by atoms with van der Waals surface area (Å²) in [4.78, 5) is 5.31. The van der Waals surface area contributed by atoms with Crippen LogP contribution in [-0.4, -0.2) is 24.5 Å². The third-order valence-corrected chi connectivity index (χ3v) is 6.51. The maximum atomic E-state index is 12.2. The Bertz CT molecular complexity index is 703. The van der Waals surface area contributed by atoms with Gasteiger partial charge in [-0.2, -0.15) is 0 Å². The van der Waals surface area contributed by atoms with Crippen LogP contribution >= 0.6 is 11.3 Å². The quantitative estimate of drug-likeness (QED) is 0.936. The lowest BCUT2D eigenvalue weighted by molar-refractivity contribution is 0.379. The Hall–Kier alpha value is -1.18. The number of hydrogen-bond donors (Lipinski definition) is 1. The molecule has 3 rings (SSSR count). The zero-order valence-electron chi connectivity index (χ0n) is 11.2. The van der Waals surface area contributed by atoms with Gasteiger partial charge in [0, 0.05) is 36.8 Å². The Balaban J connectivity index is 1.63. The molecular formula is C13H17N3O2S2. The summed E-state index contributed by atoms with van der Waals surface area (Å²) < 4.78 is 29.6. The summed E-state index contributed by atoms with van der Waals surface area (Å²) in [6, 6.07) is 3.49. The lowest BCUT2D eigenvalue weighted by Crippen LogP contribution is -2.32. The van der Waals surface area contributed by atoms with Crippen molar-refractivity contribution in [1.29, 1.82) is 0 Å². The van der Waals surface area contributed by atoms with Gasteiger partial charge in [0.15, 0.2) is 0 Å². The zero-order chi connectivity index (χ0) is 14.2. The van der Waals surface area contributed by atoms with E-state index >= 15 is 0 Å². The molecule has 0 fully saturated rings. The van der Waals surface area contributed by atoms with Crippen molar-refractivity contribution in [2.45, 2.75) is 30.5 Å². The number of sulfonamides is 1. The molecule has 1 aliphatic rings. The summed E-state index contributed by atoms with van der Waals surface area (Å²) in [6.07, 6.45) is 5.59. The molecule has 5 nitrogen and oxygen atoms in total. The number of nitrogens with zero attached hydrogens (tertiary/aromatic N) is 2. The molecule has 3 heterocycles. The number of fused-ring (bicyclic) bond motifs is 1. The first-order valence-corrected chi connectivity index (χ1v) is 8.91. The number of imidazole rings is 1. The van der Waals surface area contributed by atoms with Gasteiger partial charge in [0.1, 0.15) is 10.0 Å². The van der Waals surface area contributed by atoms with Gasteiger partial charge >= 0.3 is 0 Å². The summed E-state index contributed by atoms with van der Waals surface area (Å²) in [5.74, 6) is 1.37. The molecule has 0 saturated heterocycles. The van der Waals surface area contributed by atoms with Crippen molar-refractivity contribution < 1.29 is 8.42 Å². The first-order valence-electron chi connectivity index (χ1n) is 6.61. The van der Waals surface area contributed by atoms with Crippen molar-refractivity contribution in [3.05, 3.63) is 35.2 Å². The molecule has 0 aromatic carbocycles. The van der Waals surface area contributed by atoms with Crippen LogP contribution in [-0.2, 0) is 23.0 Å². The lowest BCUT2D eigenvalue weighted by Gasteiger charge is -2.23. The fraction of sp³-hybridized carbons (Fsp3) is 0.462. The number of nitrogens with one attached hydrogen (secondary N) is 1. The SMILES string of the molecule is Cc1ccc(S(=O)(=O)NC[C@H]2CCn3ccnc3C2)s1. The molecule has 0 radical (unpaired) electrons. The summed E-state index contributed by atoms with van der Waals surface area (Å²) in [5.41, 5.74) is 0. The minimum atomic E-state index is -3.36. The highest BCUT2D eigenvalue weighted by atomic mass is 32.2. The molecule has 1 N–H and O–H groups in total. The van der Waals surface area contributed by atoms with Crippen LogP contribution in [0.5, 0.6) is 0 Å². The Morgan fingerprint density at radius 1 is 1.50 bits per heavy atom. The van der Waals surface area contributed by atoms with E-state index in [1.807, 2.05) is 19.2 Å². The molecular weight excluding hydrogens is 294 g/mol. The molecule has 7 heteroatoms. The first kappa shape index (κ1) is 13.8. The summed E-state index contributed by atoms with van der Waals surface area (Å²) in [6.45, 7) is 3.30. The molecule has 2 aromatic rings. The highest BCUT2D eigenvalue weighted by molar-refractivity contribution is 7.91. The summed E-state index contributed by atoms with van der Waals surface area (Å²) in [7, 11) is -3.36. The van der Waals surface area contributed by atoms with Gasteiger partial charge in [-0.15, -0.1) is 11.3 Å². The molecule has 20 heavy (non-hydrogen) atoms. The second kappa shape index (κ2) is 5.31. The third kappa shape index (κ3) is 2.79. The maximum absolute atomic E-state index is 12.2. The summed E-state index contributed by atoms with van der Waals surface area (Å²) >= 11 is 1.30. The van der Waals surface area contributed by atoms with E-state index in [4.69, 9.17) is 0 Å². The molecule has 0 unspecified atom stereocenters. The maximum Gasteiger partial charge on any atom is 0.250 e. The van der Waals surface area contributed by atoms with E-state index in [0.29, 0.717) is 16.7 Å². The van der Waals surface area contributed by atoms with Gasteiger partial charge in [0.2, 0.25) is 10.0 Å². The van der Waals surface area contributed by atoms with Gasteiger partial charge in [0.05, 0.1) is 0 Å². The van der Waals surface area contributed by atoms with Crippen molar-refractivity contribution in [2.75, 3.05) is 6.54 Å². The standard InChI is InChI=1S/C13H17N3O2S2/c1-10-2-3-13(19-10)20(17,18)15-9-11-4-6-16-7-5-14-12(16)8-11/h2-3,5,7,11,15H,4,6,8-9H2,1H3/t11-/m0/s1. The van der Waals surface area contributed by atoms with E-state index in [1.165, 1.54) is 11.3 Å². The zero-order valence-corrected chi connectivity index (χ0v) is 12.9. The number of thiophene rings is 1. The van der Waals surface area contributed by atoms with Crippen LogP contribution in [0.3, 0.4) is 0 Å². The van der Waals surface area contributed by atoms with Crippen LogP contribution in [0.2, 0.25) is 0 Å². The minimum absolute atomic E-state index is 0.320. The Labute approximate surface area is 122 Å². The lowest BCUT2D eigenvalue weighted by atomic mass is 9.98. The summed E-state index contributed by atoms with van der Waals surface area (Å²) in [5, 5.41) is 0. The molecule has 0 bridgehead atoms. The fourth-order valence-electron chi connectivity index (χ4n) is 2.44. The highest BCUT2D eigenvalue weighted by Crippen LogP contribution is 2.22. The van der Waals surface area contributed by atoms with Gasteiger partial charge in [0.25, 0.3) is 0 Å². The second-order valence-electron chi connectivity index (χ2n) is 5.11. The highest BCUT2D eigenvalue weighted by Gasteiger charge is 2.22. The molecule has 0 aliphatic carbocycles. The van der Waals surface area contributed by atoms with Crippen LogP contribution in [0, 0.1) is 12.8 Å². The van der Waals surface area contributed by atoms with Crippen LogP contribution < -0.4 is 4.72 Å². The van der Waals surface area contributed by atoms with Gasteiger partial charge in [-0.3, -0.25) is 0 Å². The van der Waals surface area contributed by atoms with Gasteiger partial charge in [-0.05, 0) is 31.4 Å². The molecule has 1 aliphatic heterocycles. The normalized spacial score (nSPS) is 18.9. The Morgan fingerprint density at radius 2 is 2.35 bits per heavy atom. The van der Waals surface area contributed by atoms with E-state index in [2.05, 4.69) is 14.3 Å². The van der Waals surface area contributed by atoms with Gasteiger partial charge in [-0.1, -0.05) is 0 Å². The van der Waals surface area contributed by atoms with Gasteiger partial charge in [-0.25, -0.2) is 18.1 Å². The van der Waals surface area contributed by atoms with Crippen molar-refractivity contribution in [1.82, 2.24) is 14.3 Å². The van der Waals surface area contributed by atoms with Crippen molar-refractivity contribution in [2.24, 2.45) is 5.92 Å². The van der Waals surface area contributed by atoms with Crippen LogP contribution in [0.1, 0.15) is 17.1 Å². The molecule has 108 valence electrons. The number of hydrogen-bond acceptors (Lipinski definition) is 4. The van der Waals surface area contributed by atoms with Crippen molar-refractivity contribution in [3.63, 3.8) is 0 Å². The minimum Gasteiger partial charge on any atom is -0.335 e. The van der Waals surface area contributed by atoms with Crippen molar-refractivity contribution in [3.8, 4) is 0 Å². The van der Waals surface area contributed by atoms with Gasteiger partial charge < -0.3 is 4.57 Å². The van der Waals surface area contributed by atoms with Crippen molar-refractivity contribution >= 4 is 21.4 Å². The number of aromatic nitrogens is 2. The average molecular weight is 311 g/mol. The number of rotatable bonds is 4.